The monoisotopic (exact) mass is 702 g/mol. The molecule has 0 aliphatic rings. The quantitative estimate of drug-likeness (QED) is 0.0879. The molecule has 13 heteroatoms. The fraction of sp³-hybridized carbons (Fsp3) is 0.158. The van der Waals surface area contributed by atoms with Gasteiger partial charge in [0.1, 0.15) is 28.4 Å². The number of Topliss-reactive ketones (excluding diaryl/α,β-unsaturated/α-hetero) is 1. The Morgan fingerprint density at radius 3 is 1.84 bits per heavy atom. The van der Waals surface area contributed by atoms with Crippen molar-refractivity contribution in [1.82, 2.24) is 0 Å². The maximum absolute atomic E-state index is 12.4. The van der Waals surface area contributed by atoms with Crippen LogP contribution in [0.3, 0.4) is 0 Å². The molecule has 0 saturated heterocycles. The number of fused-ring (bicyclic) bond motifs is 2. The normalized spacial score (nSPS) is 12.5. The van der Waals surface area contributed by atoms with Gasteiger partial charge in [-0.05, 0) is 54.4 Å². The van der Waals surface area contributed by atoms with Crippen molar-refractivity contribution in [2.45, 2.75) is 38.1 Å². The fourth-order valence-corrected chi connectivity index (χ4v) is 5.34. The van der Waals surface area contributed by atoms with Crippen molar-refractivity contribution in [3.63, 3.8) is 0 Å². The van der Waals surface area contributed by atoms with Crippen molar-refractivity contribution in [1.29, 1.82) is 0 Å². The highest BCUT2D eigenvalue weighted by Crippen LogP contribution is 2.36. The predicted octanol–water partition coefficient (Wildman–Crippen LogP) is 6.74. The van der Waals surface area contributed by atoms with E-state index in [4.69, 9.17) is 13.9 Å². The number of aliphatic hydroxyl groups is 1. The second-order valence-electron chi connectivity index (χ2n) is 11.4. The lowest BCUT2D eigenvalue weighted by Gasteiger charge is -2.17. The molecule has 0 aliphatic carbocycles. The summed E-state index contributed by atoms with van der Waals surface area (Å²) in [5, 5.41) is 30.5. The zero-order valence-corrected chi connectivity index (χ0v) is 26.7. The molecular weight excluding hydrogens is 673 g/mol. The van der Waals surface area contributed by atoms with E-state index < -0.39 is 35.6 Å². The van der Waals surface area contributed by atoms with Gasteiger partial charge in [-0.1, -0.05) is 66.7 Å². The molecule has 6 rings (SSSR count). The van der Waals surface area contributed by atoms with Crippen LogP contribution in [0, 0.1) is 0 Å². The number of ether oxygens (including phenoxy) is 1. The third-order valence-corrected chi connectivity index (χ3v) is 7.81. The fourth-order valence-electron chi connectivity index (χ4n) is 5.34. The molecule has 0 fully saturated rings. The van der Waals surface area contributed by atoms with Crippen LogP contribution in [0.4, 0.5) is 13.2 Å². The number of halogens is 3. The summed E-state index contributed by atoms with van der Waals surface area (Å²) in [6.07, 6.45) is -8.21. The summed E-state index contributed by atoms with van der Waals surface area (Å²) in [6, 6.07) is 27.6. The van der Waals surface area contributed by atoms with Crippen LogP contribution in [0.2, 0.25) is 0 Å². The molecule has 6 aromatic rings. The van der Waals surface area contributed by atoms with Crippen LogP contribution in [0.1, 0.15) is 51.9 Å². The number of esters is 1. The summed E-state index contributed by atoms with van der Waals surface area (Å²) in [5.74, 6) is -2.31. The van der Waals surface area contributed by atoms with Gasteiger partial charge in [-0.2, -0.15) is 13.2 Å². The number of para-hydroxylation sites is 2. The van der Waals surface area contributed by atoms with Gasteiger partial charge in [0.15, 0.2) is 0 Å². The van der Waals surface area contributed by atoms with E-state index in [0.29, 0.717) is 21.9 Å². The van der Waals surface area contributed by atoms with E-state index in [9.17, 15) is 42.6 Å². The average Bonchev–Trinajstić information content (AvgIpc) is 3.10. The highest BCUT2D eigenvalue weighted by molar-refractivity contribution is 5.89. The first kappa shape index (κ1) is 36.1. The van der Waals surface area contributed by atoms with Crippen molar-refractivity contribution >= 4 is 33.7 Å². The molecule has 2 aromatic heterocycles. The van der Waals surface area contributed by atoms with Crippen molar-refractivity contribution in [2.75, 3.05) is 0 Å². The number of carbonyl (C=O) groups excluding carboxylic acids is 2. The molecule has 4 aromatic carbocycles. The van der Waals surface area contributed by atoms with E-state index >= 15 is 0 Å². The molecule has 0 bridgehead atoms. The molecule has 0 aliphatic heterocycles. The van der Waals surface area contributed by atoms with Gasteiger partial charge < -0.3 is 28.9 Å². The number of hydrogen-bond acceptors (Lipinski definition) is 10. The van der Waals surface area contributed by atoms with Crippen LogP contribution in [-0.4, -0.2) is 39.5 Å². The zero-order valence-electron chi connectivity index (χ0n) is 26.7. The molecular formula is C38H29F3O10. The largest absolute Gasteiger partial charge is 0.507 e. The minimum atomic E-state index is -5.09. The summed E-state index contributed by atoms with van der Waals surface area (Å²) in [4.78, 5) is 47.8. The standard InChI is InChI=1S/C19H13F3O6.C19H16O4/c20-19(21,22)18(26)28-16(24)11-7-5-10(6-8-11)9-13-15(23)12-3-1-2-4-14(12)27-17(13)25;1-12(20)11-15(13-7-3-2-4-8-13)17-18(21)14-9-5-6-10-16(14)23-19(17)22/h1-8,18,23,26H,9H2;2-10,15,21H,11H2,1H3. The minimum absolute atomic E-state index is 0.00141. The van der Waals surface area contributed by atoms with Gasteiger partial charge >= 0.3 is 23.4 Å². The second-order valence-corrected chi connectivity index (χ2v) is 11.4. The van der Waals surface area contributed by atoms with Crippen LogP contribution in [0.15, 0.2) is 122 Å². The summed E-state index contributed by atoms with van der Waals surface area (Å²) >= 11 is 0. The van der Waals surface area contributed by atoms with Crippen molar-refractivity contribution < 1.29 is 51.7 Å². The van der Waals surface area contributed by atoms with Gasteiger partial charge in [0.25, 0.3) is 6.29 Å². The number of hydrogen-bond donors (Lipinski definition) is 3. The number of ketones is 1. The number of aromatic hydroxyl groups is 2. The highest BCUT2D eigenvalue weighted by Gasteiger charge is 2.42. The Morgan fingerprint density at radius 2 is 1.27 bits per heavy atom. The number of carbonyl (C=O) groups is 2. The maximum Gasteiger partial charge on any atom is 0.452 e. The van der Waals surface area contributed by atoms with Crippen molar-refractivity contribution in [3.05, 3.63) is 152 Å². The molecule has 0 saturated carbocycles. The average molecular weight is 703 g/mol. The topological polar surface area (TPSA) is 164 Å². The summed E-state index contributed by atoms with van der Waals surface area (Å²) in [7, 11) is 0. The van der Waals surface area contributed by atoms with Crippen LogP contribution in [0.25, 0.3) is 21.9 Å². The molecule has 0 amide bonds. The Labute approximate surface area is 286 Å². The lowest BCUT2D eigenvalue weighted by Crippen LogP contribution is -2.33. The van der Waals surface area contributed by atoms with Crippen molar-refractivity contribution in [3.8, 4) is 11.5 Å². The van der Waals surface area contributed by atoms with E-state index in [1.807, 2.05) is 30.3 Å². The van der Waals surface area contributed by atoms with Gasteiger partial charge in [0, 0.05) is 18.8 Å². The van der Waals surface area contributed by atoms with E-state index in [2.05, 4.69) is 4.74 Å². The number of aliphatic hydroxyl groups excluding tert-OH is 1. The summed E-state index contributed by atoms with van der Waals surface area (Å²) < 4.78 is 51.1. The van der Waals surface area contributed by atoms with E-state index in [-0.39, 0.29) is 52.4 Å². The van der Waals surface area contributed by atoms with Crippen LogP contribution >= 0.6 is 0 Å². The first-order valence-electron chi connectivity index (χ1n) is 15.3. The van der Waals surface area contributed by atoms with Gasteiger partial charge in [-0.25, -0.2) is 14.4 Å². The molecule has 262 valence electrons. The molecule has 0 radical (unpaired) electrons. The molecule has 2 unspecified atom stereocenters. The SMILES string of the molecule is CC(=O)CC(c1ccccc1)c1c(O)c2ccccc2oc1=O.O=C(OC(O)C(F)(F)F)c1ccc(Cc2c(O)c3ccccc3oc2=O)cc1. The smallest absolute Gasteiger partial charge is 0.452 e. The maximum atomic E-state index is 12.4. The Hall–Kier alpha value is -6.21. The lowest BCUT2D eigenvalue weighted by atomic mass is 9.87. The van der Waals surface area contributed by atoms with Crippen molar-refractivity contribution in [2.24, 2.45) is 0 Å². The first-order valence-corrected chi connectivity index (χ1v) is 15.3. The highest BCUT2D eigenvalue weighted by atomic mass is 19.4. The van der Waals surface area contributed by atoms with E-state index in [0.717, 1.165) is 5.56 Å². The molecule has 3 N–H and O–H groups in total. The first-order chi connectivity index (χ1) is 24.2. The summed E-state index contributed by atoms with van der Waals surface area (Å²) in [5.41, 5.74) is 0.410. The van der Waals surface area contributed by atoms with E-state index in [1.54, 1.807) is 42.5 Å². The third kappa shape index (κ3) is 8.33. The summed E-state index contributed by atoms with van der Waals surface area (Å²) in [6.45, 7) is 1.47. The molecule has 0 spiro atoms. The Balaban J connectivity index is 0.000000201. The Kier molecular flexibility index (Phi) is 10.7. The Bertz CT molecular complexity index is 2310. The second kappa shape index (κ2) is 15.1. The molecule has 2 heterocycles. The molecule has 2 atom stereocenters. The third-order valence-electron chi connectivity index (χ3n) is 7.81. The van der Waals surface area contributed by atoms with Crippen LogP contribution in [-0.2, 0) is 16.0 Å². The van der Waals surface area contributed by atoms with Gasteiger partial charge in [0.05, 0.1) is 27.5 Å². The molecule has 51 heavy (non-hydrogen) atoms. The van der Waals surface area contributed by atoms with Gasteiger partial charge in [-0.15, -0.1) is 0 Å². The number of benzene rings is 4. The lowest BCUT2D eigenvalue weighted by molar-refractivity contribution is -0.274. The van der Waals surface area contributed by atoms with E-state index in [1.165, 1.54) is 37.3 Å². The molecule has 10 nitrogen and oxygen atoms in total. The minimum Gasteiger partial charge on any atom is -0.507 e. The predicted molar refractivity (Wildman–Crippen MR) is 179 cm³/mol. The van der Waals surface area contributed by atoms with Crippen LogP contribution in [0.5, 0.6) is 11.5 Å². The van der Waals surface area contributed by atoms with Gasteiger partial charge in [-0.3, -0.25) is 4.79 Å². The number of rotatable bonds is 8. The van der Waals surface area contributed by atoms with Crippen LogP contribution < -0.4 is 11.3 Å². The zero-order chi connectivity index (χ0) is 36.9. The Morgan fingerprint density at radius 1 is 0.745 bits per heavy atom. The van der Waals surface area contributed by atoms with Gasteiger partial charge in [0.2, 0.25) is 0 Å². The number of alkyl halides is 3.